The SMILES string of the molecule is CNC(CC(=O)O)C(C)=O.CNC(CC(C)=O)C(=O)O. The van der Waals surface area contributed by atoms with Gasteiger partial charge < -0.3 is 20.8 Å². The van der Waals surface area contributed by atoms with Crippen molar-refractivity contribution in [2.24, 2.45) is 0 Å². The summed E-state index contributed by atoms with van der Waals surface area (Å²) in [4.78, 5) is 41.3. The van der Waals surface area contributed by atoms with Crippen LogP contribution in [0.5, 0.6) is 0 Å². The highest BCUT2D eigenvalue weighted by molar-refractivity contribution is 5.85. The summed E-state index contributed by atoms with van der Waals surface area (Å²) in [6.45, 7) is 2.73. The molecule has 116 valence electrons. The van der Waals surface area contributed by atoms with E-state index in [1.807, 2.05) is 0 Å². The van der Waals surface area contributed by atoms with E-state index in [4.69, 9.17) is 10.2 Å². The van der Waals surface area contributed by atoms with Crippen LogP contribution in [0.1, 0.15) is 26.7 Å². The second-order valence-corrected chi connectivity index (χ2v) is 4.14. The number of Topliss-reactive ketones (excluding diaryl/α,β-unsaturated/α-hetero) is 2. The molecule has 0 fully saturated rings. The Morgan fingerprint density at radius 1 is 0.900 bits per heavy atom. The molecule has 0 aromatic rings. The minimum absolute atomic E-state index is 0.0475. The molecule has 2 unspecified atom stereocenters. The van der Waals surface area contributed by atoms with Crippen LogP contribution in [0.4, 0.5) is 0 Å². The number of hydrogen-bond acceptors (Lipinski definition) is 6. The van der Waals surface area contributed by atoms with Crippen LogP contribution in [0.3, 0.4) is 0 Å². The van der Waals surface area contributed by atoms with Crippen molar-refractivity contribution >= 4 is 23.5 Å². The summed E-state index contributed by atoms with van der Waals surface area (Å²) in [7, 11) is 3.08. The first kappa shape index (κ1) is 20.5. The van der Waals surface area contributed by atoms with Gasteiger partial charge in [0.2, 0.25) is 0 Å². The summed E-state index contributed by atoms with van der Waals surface area (Å²) in [5, 5.41) is 21.8. The zero-order valence-electron chi connectivity index (χ0n) is 12.1. The van der Waals surface area contributed by atoms with E-state index in [9.17, 15) is 19.2 Å². The van der Waals surface area contributed by atoms with Gasteiger partial charge in [-0.1, -0.05) is 0 Å². The number of carbonyl (C=O) groups excluding carboxylic acids is 2. The predicted molar refractivity (Wildman–Crippen MR) is 71.6 cm³/mol. The Morgan fingerprint density at radius 3 is 1.45 bits per heavy atom. The lowest BCUT2D eigenvalue weighted by Crippen LogP contribution is -2.35. The zero-order valence-corrected chi connectivity index (χ0v) is 12.1. The van der Waals surface area contributed by atoms with Gasteiger partial charge in [0.05, 0.1) is 12.5 Å². The largest absolute Gasteiger partial charge is 0.481 e. The first-order chi connectivity index (χ1) is 9.15. The molecule has 0 spiro atoms. The van der Waals surface area contributed by atoms with Gasteiger partial charge in [0.1, 0.15) is 17.6 Å². The van der Waals surface area contributed by atoms with Gasteiger partial charge in [0, 0.05) is 6.42 Å². The van der Waals surface area contributed by atoms with E-state index in [1.54, 1.807) is 7.05 Å². The standard InChI is InChI=1S/2C6H11NO3/c1-4(8)5(7-2)3-6(9)10;1-4(8)3-5(7-2)6(9)10/h2*5,7H,3H2,1-2H3,(H,9,10). The van der Waals surface area contributed by atoms with Crippen molar-refractivity contribution in [2.75, 3.05) is 14.1 Å². The monoisotopic (exact) mass is 290 g/mol. The van der Waals surface area contributed by atoms with Crippen LogP contribution in [0.15, 0.2) is 0 Å². The van der Waals surface area contributed by atoms with Gasteiger partial charge in [-0.05, 0) is 27.9 Å². The zero-order chi connectivity index (χ0) is 16.3. The molecule has 8 heteroatoms. The van der Waals surface area contributed by atoms with Gasteiger partial charge in [-0.2, -0.15) is 0 Å². The Kier molecular flexibility index (Phi) is 11.3. The minimum Gasteiger partial charge on any atom is -0.481 e. The second-order valence-electron chi connectivity index (χ2n) is 4.14. The topological polar surface area (TPSA) is 133 Å². The summed E-state index contributed by atoms with van der Waals surface area (Å²) in [6, 6.07) is -1.28. The summed E-state index contributed by atoms with van der Waals surface area (Å²) in [5.74, 6) is -2.22. The van der Waals surface area contributed by atoms with E-state index in [2.05, 4.69) is 10.6 Å². The number of hydrogen-bond donors (Lipinski definition) is 4. The van der Waals surface area contributed by atoms with Crippen LogP contribution in [-0.2, 0) is 19.2 Å². The van der Waals surface area contributed by atoms with E-state index in [0.29, 0.717) is 0 Å². The molecule has 0 saturated heterocycles. The molecule has 0 aromatic carbocycles. The van der Waals surface area contributed by atoms with Gasteiger partial charge in [0.25, 0.3) is 0 Å². The highest BCUT2D eigenvalue weighted by atomic mass is 16.4. The quantitative estimate of drug-likeness (QED) is 0.460. The number of carbonyl (C=O) groups is 4. The van der Waals surface area contributed by atoms with Crippen molar-refractivity contribution in [3.05, 3.63) is 0 Å². The normalized spacial score (nSPS) is 12.6. The third kappa shape index (κ3) is 11.3. The Bertz CT molecular complexity index is 322. The molecule has 0 bridgehead atoms. The van der Waals surface area contributed by atoms with Crippen molar-refractivity contribution in [3.8, 4) is 0 Å². The molecule has 0 aliphatic heterocycles. The van der Waals surface area contributed by atoms with E-state index in [-0.39, 0.29) is 24.4 Å². The van der Waals surface area contributed by atoms with E-state index in [0.717, 1.165) is 0 Å². The molecule has 20 heavy (non-hydrogen) atoms. The molecule has 0 amide bonds. The maximum absolute atomic E-state index is 10.6. The number of nitrogens with one attached hydrogen (secondary N) is 2. The van der Waals surface area contributed by atoms with Crippen molar-refractivity contribution in [1.29, 1.82) is 0 Å². The Balaban J connectivity index is 0. The molecule has 0 aromatic heterocycles. The van der Waals surface area contributed by atoms with Crippen molar-refractivity contribution in [1.82, 2.24) is 10.6 Å². The molecule has 0 heterocycles. The molecule has 0 saturated carbocycles. The molecule has 0 aliphatic rings. The second kappa shape index (κ2) is 11.1. The molecule has 0 rings (SSSR count). The number of ketones is 2. The van der Waals surface area contributed by atoms with Gasteiger partial charge in [-0.3, -0.25) is 19.2 Å². The molecular formula is C12H22N2O6. The van der Waals surface area contributed by atoms with E-state index < -0.39 is 24.0 Å². The lowest BCUT2D eigenvalue weighted by atomic mass is 10.1. The van der Waals surface area contributed by atoms with Gasteiger partial charge in [0.15, 0.2) is 0 Å². The van der Waals surface area contributed by atoms with Crippen LogP contribution in [0.25, 0.3) is 0 Å². The van der Waals surface area contributed by atoms with Crippen LogP contribution < -0.4 is 10.6 Å². The van der Waals surface area contributed by atoms with Gasteiger partial charge in [-0.25, -0.2) is 0 Å². The van der Waals surface area contributed by atoms with Crippen LogP contribution >= 0.6 is 0 Å². The van der Waals surface area contributed by atoms with Crippen molar-refractivity contribution in [2.45, 2.75) is 38.8 Å². The molecule has 2 atom stereocenters. The first-order valence-corrected chi connectivity index (χ1v) is 5.94. The average molecular weight is 290 g/mol. The number of carboxylic acid groups (broad SMARTS) is 2. The Morgan fingerprint density at radius 2 is 1.35 bits per heavy atom. The summed E-state index contributed by atoms with van der Waals surface area (Å²) < 4.78 is 0. The van der Waals surface area contributed by atoms with Gasteiger partial charge >= 0.3 is 11.9 Å². The Labute approximate surface area is 117 Å². The number of carboxylic acids is 2. The summed E-state index contributed by atoms with van der Waals surface area (Å²) >= 11 is 0. The van der Waals surface area contributed by atoms with Crippen molar-refractivity contribution in [3.63, 3.8) is 0 Å². The molecule has 4 N–H and O–H groups in total. The highest BCUT2D eigenvalue weighted by Gasteiger charge is 2.16. The Hall–Kier alpha value is -1.80. The highest BCUT2D eigenvalue weighted by Crippen LogP contribution is 1.92. The number of aliphatic carboxylic acids is 2. The van der Waals surface area contributed by atoms with E-state index in [1.165, 1.54) is 20.9 Å². The lowest BCUT2D eigenvalue weighted by molar-refractivity contribution is -0.141. The number of rotatable bonds is 8. The fraction of sp³-hybridized carbons (Fsp3) is 0.667. The molecular weight excluding hydrogens is 268 g/mol. The predicted octanol–water partition coefficient (Wildman–Crippen LogP) is -0.724. The minimum atomic E-state index is -0.988. The summed E-state index contributed by atoms with van der Waals surface area (Å²) in [6.07, 6.45) is -0.0995. The van der Waals surface area contributed by atoms with Gasteiger partial charge in [-0.15, -0.1) is 0 Å². The van der Waals surface area contributed by atoms with Crippen molar-refractivity contribution < 1.29 is 29.4 Å². The number of likely N-dealkylation sites (N-methyl/N-ethyl adjacent to an activating group) is 2. The fourth-order valence-electron chi connectivity index (χ4n) is 1.22. The smallest absolute Gasteiger partial charge is 0.321 e. The third-order valence-corrected chi connectivity index (χ3v) is 2.36. The molecule has 8 nitrogen and oxygen atoms in total. The van der Waals surface area contributed by atoms with Crippen LogP contribution in [0, 0.1) is 0 Å². The third-order valence-electron chi connectivity index (χ3n) is 2.36. The fourth-order valence-corrected chi connectivity index (χ4v) is 1.22. The maximum Gasteiger partial charge on any atom is 0.321 e. The van der Waals surface area contributed by atoms with Crippen LogP contribution in [0.2, 0.25) is 0 Å². The molecule has 0 radical (unpaired) electrons. The lowest BCUT2D eigenvalue weighted by Gasteiger charge is -2.07. The first-order valence-electron chi connectivity index (χ1n) is 5.94. The maximum atomic E-state index is 10.6. The van der Waals surface area contributed by atoms with Crippen LogP contribution in [-0.4, -0.2) is 59.9 Å². The summed E-state index contributed by atoms with van der Waals surface area (Å²) in [5.41, 5.74) is 0. The van der Waals surface area contributed by atoms with E-state index >= 15 is 0 Å². The average Bonchev–Trinajstić information content (AvgIpc) is 2.32. The molecule has 0 aliphatic carbocycles.